The number of halogens is 1. The monoisotopic (exact) mass is 245 g/mol. The number of nitrogens with one attached hydrogen (secondary N) is 1. The summed E-state index contributed by atoms with van der Waals surface area (Å²) in [4.78, 5) is 4.42. The maximum Gasteiger partial charge on any atom is 0.207 e. The first-order valence-corrected chi connectivity index (χ1v) is 6.23. The lowest BCUT2D eigenvalue weighted by Gasteiger charge is -2.10. The van der Waals surface area contributed by atoms with Gasteiger partial charge in [-0.1, -0.05) is 12.1 Å². The van der Waals surface area contributed by atoms with E-state index >= 15 is 0 Å². The van der Waals surface area contributed by atoms with Crippen LogP contribution < -0.4 is 5.32 Å². The predicted molar refractivity (Wildman–Crippen MR) is 69.7 cm³/mol. The van der Waals surface area contributed by atoms with Crippen molar-refractivity contribution < 1.29 is 4.39 Å². The largest absolute Gasteiger partial charge is 0.323 e. The topological polar surface area (TPSA) is 29.9 Å². The van der Waals surface area contributed by atoms with Crippen molar-refractivity contribution in [2.75, 3.05) is 5.32 Å². The van der Waals surface area contributed by atoms with Crippen LogP contribution in [0.4, 0.5) is 16.0 Å². The van der Waals surface area contributed by atoms with Crippen LogP contribution >= 0.6 is 0 Å². The third-order valence-electron chi connectivity index (χ3n) is 3.23. The van der Waals surface area contributed by atoms with Gasteiger partial charge in [0.25, 0.3) is 0 Å². The molecule has 1 aromatic heterocycles. The summed E-state index contributed by atoms with van der Waals surface area (Å²) in [5, 5.41) is 3.10. The van der Waals surface area contributed by atoms with Crippen molar-refractivity contribution >= 4 is 11.6 Å². The van der Waals surface area contributed by atoms with E-state index in [0.717, 1.165) is 11.6 Å². The predicted octanol–water partition coefficient (Wildman–Crippen LogP) is 3.72. The molecular weight excluding hydrogens is 229 g/mol. The molecule has 0 unspecified atom stereocenters. The summed E-state index contributed by atoms with van der Waals surface area (Å²) in [5.41, 5.74) is 2.08. The molecule has 1 aliphatic rings. The highest BCUT2D eigenvalue weighted by atomic mass is 19.1. The standard InChI is InChI=1S/C14H16FN3/c1-9-4-3-5-12(13(9)15)17-14-16-10(2)8-18(14)11-6-7-11/h3-5,8,11H,6-7H2,1-2H3,(H,16,17). The normalized spacial score (nSPS) is 14.8. The number of nitrogens with zero attached hydrogens (tertiary/aromatic N) is 2. The van der Waals surface area contributed by atoms with Crippen molar-refractivity contribution in [2.45, 2.75) is 32.7 Å². The fraction of sp³-hybridized carbons (Fsp3) is 0.357. The number of benzene rings is 1. The summed E-state index contributed by atoms with van der Waals surface area (Å²) in [6.07, 6.45) is 4.38. The fourth-order valence-electron chi connectivity index (χ4n) is 2.10. The molecule has 4 heteroatoms. The number of hydrogen-bond acceptors (Lipinski definition) is 2. The van der Waals surface area contributed by atoms with E-state index in [9.17, 15) is 4.39 Å². The molecular formula is C14H16FN3. The third-order valence-corrected chi connectivity index (χ3v) is 3.23. The number of aryl methyl sites for hydroxylation is 2. The molecule has 1 fully saturated rings. The van der Waals surface area contributed by atoms with Gasteiger partial charge >= 0.3 is 0 Å². The van der Waals surface area contributed by atoms with Crippen LogP contribution in [0.1, 0.15) is 30.1 Å². The van der Waals surface area contributed by atoms with E-state index in [1.807, 2.05) is 19.2 Å². The van der Waals surface area contributed by atoms with Gasteiger partial charge in [-0.25, -0.2) is 9.37 Å². The Hall–Kier alpha value is -1.84. The molecule has 0 aliphatic heterocycles. The Kier molecular flexibility index (Phi) is 2.58. The van der Waals surface area contributed by atoms with E-state index in [1.54, 1.807) is 19.1 Å². The van der Waals surface area contributed by atoms with Gasteiger partial charge in [-0.2, -0.15) is 0 Å². The van der Waals surface area contributed by atoms with E-state index in [4.69, 9.17) is 0 Å². The Bertz CT molecular complexity index is 585. The van der Waals surface area contributed by atoms with Gasteiger partial charge in [-0.15, -0.1) is 0 Å². The zero-order valence-corrected chi connectivity index (χ0v) is 10.6. The van der Waals surface area contributed by atoms with Crippen molar-refractivity contribution in [3.63, 3.8) is 0 Å². The Morgan fingerprint density at radius 2 is 2.11 bits per heavy atom. The number of anilines is 2. The van der Waals surface area contributed by atoms with E-state index in [-0.39, 0.29) is 5.82 Å². The second kappa shape index (κ2) is 4.12. The minimum atomic E-state index is -0.208. The number of aromatic nitrogens is 2. The molecule has 0 radical (unpaired) electrons. The molecule has 1 heterocycles. The summed E-state index contributed by atoms with van der Waals surface area (Å²) in [6.45, 7) is 3.72. The summed E-state index contributed by atoms with van der Waals surface area (Å²) in [6, 6.07) is 5.88. The molecule has 1 aliphatic carbocycles. The van der Waals surface area contributed by atoms with Crippen molar-refractivity contribution in [3.05, 3.63) is 41.5 Å². The Morgan fingerprint density at radius 1 is 1.33 bits per heavy atom. The minimum Gasteiger partial charge on any atom is -0.323 e. The van der Waals surface area contributed by atoms with Crippen LogP contribution in [-0.2, 0) is 0 Å². The highest BCUT2D eigenvalue weighted by Crippen LogP contribution is 2.38. The first-order valence-electron chi connectivity index (χ1n) is 6.23. The number of hydrogen-bond donors (Lipinski definition) is 1. The van der Waals surface area contributed by atoms with Crippen LogP contribution in [0.5, 0.6) is 0 Å². The summed E-state index contributed by atoms with van der Waals surface area (Å²) >= 11 is 0. The Balaban J connectivity index is 1.94. The SMILES string of the molecule is Cc1cn(C2CC2)c(Nc2cccc(C)c2F)n1. The number of rotatable bonds is 3. The van der Waals surface area contributed by atoms with Crippen molar-refractivity contribution in [2.24, 2.45) is 0 Å². The molecule has 1 aromatic carbocycles. The lowest BCUT2D eigenvalue weighted by atomic mass is 10.2. The van der Waals surface area contributed by atoms with E-state index in [2.05, 4.69) is 14.9 Å². The lowest BCUT2D eigenvalue weighted by Crippen LogP contribution is -2.03. The molecule has 2 aromatic rings. The van der Waals surface area contributed by atoms with E-state index in [1.165, 1.54) is 12.8 Å². The van der Waals surface area contributed by atoms with Gasteiger partial charge in [-0.05, 0) is 38.3 Å². The smallest absolute Gasteiger partial charge is 0.207 e. The maximum atomic E-state index is 13.9. The third kappa shape index (κ3) is 1.98. The van der Waals surface area contributed by atoms with E-state index < -0.39 is 0 Å². The molecule has 0 spiro atoms. The van der Waals surface area contributed by atoms with Crippen LogP contribution in [0, 0.1) is 19.7 Å². The van der Waals surface area contributed by atoms with Gasteiger partial charge in [0.2, 0.25) is 5.95 Å². The van der Waals surface area contributed by atoms with Crippen LogP contribution in [-0.4, -0.2) is 9.55 Å². The Morgan fingerprint density at radius 3 is 2.83 bits per heavy atom. The minimum absolute atomic E-state index is 0.208. The first kappa shape index (κ1) is 11.3. The van der Waals surface area contributed by atoms with Gasteiger partial charge in [0.15, 0.2) is 0 Å². The zero-order chi connectivity index (χ0) is 12.7. The lowest BCUT2D eigenvalue weighted by molar-refractivity contribution is 0.621. The van der Waals surface area contributed by atoms with Gasteiger partial charge < -0.3 is 9.88 Å². The molecule has 0 saturated heterocycles. The summed E-state index contributed by atoms with van der Waals surface area (Å²) < 4.78 is 16.1. The van der Waals surface area contributed by atoms with Crippen molar-refractivity contribution in [1.29, 1.82) is 0 Å². The molecule has 0 amide bonds. The number of imidazole rings is 1. The zero-order valence-electron chi connectivity index (χ0n) is 10.6. The molecule has 3 nitrogen and oxygen atoms in total. The van der Waals surface area contributed by atoms with Crippen LogP contribution in [0.3, 0.4) is 0 Å². The molecule has 94 valence electrons. The molecule has 1 saturated carbocycles. The second-order valence-corrected chi connectivity index (χ2v) is 4.91. The highest BCUT2D eigenvalue weighted by molar-refractivity contribution is 5.56. The first-order chi connectivity index (χ1) is 8.65. The van der Waals surface area contributed by atoms with Crippen molar-refractivity contribution in [1.82, 2.24) is 9.55 Å². The highest BCUT2D eigenvalue weighted by Gasteiger charge is 2.26. The van der Waals surface area contributed by atoms with Crippen molar-refractivity contribution in [3.8, 4) is 0 Å². The summed E-state index contributed by atoms with van der Waals surface area (Å²) in [7, 11) is 0. The van der Waals surface area contributed by atoms with Crippen LogP contribution in [0.25, 0.3) is 0 Å². The van der Waals surface area contributed by atoms with Gasteiger partial charge in [0.05, 0.1) is 11.4 Å². The quantitative estimate of drug-likeness (QED) is 0.893. The summed E-state index contributed by atoms with van der Waals surface area (Å²) in [5.74, 6) is 0.528. The van der Waals surface area contributed by atoms with Gasteiger partial charge in [0.1, 0.15) is 5.82 Å². The van der Waals surface area contributed by atoms with Gasteiger partial charge in [-0.3, -0.25) is 0 Å². The Labute approximate surface area is 106 Å². The molecule has 1 N–H and O–H groups in total. The molecule has 3 rings (SSSR count). The van der Waals surface area contributed by atoms with Crippen LogP contribution in [0.15, 0.2) is 24.4 Å². The van der Waals surface area contributed by atoms with E-state index in [0.29, 0.717) is 17.3 Å². The average molecular weight is 245 g/mol. The van der Waals surface area contributed by atoms with Crippen LogP contribution in [0.2, 0.25) is 0 Å². The fourth-order valence-corrected chi connectivity index (χ4v) is 2.10. The molecule has 0 bridgehead atoms. The van der Waals surface area contributed by atoms with Gasteiger partial charge in [0, 0.05) is 12.2 Å². The molecule has 0 atom stereocenters. The molecule has 18 heavy (non-hydrogen) atoms. The maximum absolute atomic E-state index is 13.9. The average Bonchev–Trinajstić information content (AvgIpc) is 3.10. The second-order valence-electron chi connectivity index (χ2n) is 4.91.